The maximum Gasteiger partial charge on any atom is 0.222 e. The molecule has 4 nitrogen and oxygen atoms in total. The number of nitrogens with two attached hydrogens (primary N) is 1. The highest BCUT2D eigenvalue weighted by Gasteiger charge is 2.18. The number of nitrogens with zero attached hydrogens (tertiary/aromatic N) is 2. The number of unbranched alkanes of at least 4 members (excludes halogenated alkanes) is 2. The molecule has 0 saturated carbocycles. The molecule has 0 aliphatic rings. The first-order chi connectivity index (χ1) is 8.02. The van der Waals surface area contributed by atoms with E-state index in [0.29, 0.717) is 6.42 Å². The van der Waals surface area contributed by atoms with E-state index >= 15 is 0 Å². The lowest BCUT2D eigenvalue weighted by molar-refractivity contribution is -0.133. The van der Waals surface area contributed by atoms with Crippen LogP contribution in [0.5, 0.6) is 0 Å². The van der Waals surface area contributed by atoms with Gasteiger partial charge in [-0.3, -0.25) is 4.79 Å². The molecule has 2 N–H and O–H groups in total. The van der Waals surface area contributed by atoms with Crippen molar-refractivity contribution >= 4 is 5.91 Å². The highest BCUT2D eigenvalue weighted by molar-refractivity contribution is 5.76. The van der Waals surface area contributed by atoms with Crippen LogP contribution < -0.4 is 5.73 Å². The molecule has 1 atom stereocenters. The molecule has 0 aromatic heterocycles. The van der Waals surface area contributed by atoms with Crippen LogP contribution in [0.4, 0.5) is 0 Å². The fourth-order valence-corrected chi connectivity index (χ4v) is 2.10. The molecule has 1 amide bonds. The zero-order chi connectivity index (χ0) is 13.3. The van der Waals surface area contributed by atoms with E-state index in [1.807, 2.05) is 25.9 Å². The highest BCUT2D eigenvalue weighted by Crippen LogP contribution is 2.07. The fourth-order valence-electron chi connectivity index (χ4n) is 2.10. The molecule has 0 saturated heterocycles. The zero-order valence-electron chi connectivity index (χ0n) is 11.9. The van der Waals surface area contributed by atoms with Gasteiger partial charge >= 0.3 is 0 Å². The van der Waals surface area contributed by atoms with Crippen molar-refractivity contribution in [2.24, 2.45) is 5.73 Å². The topological polar surface area (TPSA) is 49.6 Å². The van der Waals surface area contributed by atoms with Crippen molar-refractivity contribution in [2.75, 3.05) is 33.7 Å². The van der Waals surface area contributed by atoms with Gasteiger partial charge in [-0.1, -0.05) is 6.42 Å². The normalized spacial score (nSPS) is 12.8. The Kier molecular flexibility index (Phi) is 9.09. The fraction of sp³-hybridized carbons (Fsp3) is 0.923. The van der Waals surface area contributed by atoms with Crippen LogP contribution in [0.15, 0.2) is 0 Å². The molecular weight excluding hydrogens is 214 g/mol. The van der Waals surface area contributed by atoms with Crippen LogP contribution in [-0.2, 0) is 4.79 Å². The number of hydrogen-bond acceptors (Lipinski definition) is 3. The molecule has 0 bridgehead atoms. The molecule has 0 aliphatic carbocycles. The predicted molar refractivity (Wildman–Crippen MR) is 72.9 cm³/mol. The van der Waals surface area contributed by atoms with Gasteiger partial charge in [-0.2, -0.15) is 0 Å². The number of hydrogen-bond donors (Lipinski definition) is 1. The van der Waals surface area contributed by atoms with Gasteiger partial charge in [0.2, 0.25) is 5.91 Å². The van der Waals surface area contributed by atoms with Crippen LogP contribution in [-0.4, -0.2) is 55.5 Å². The van der Waals surface area contributed by atoms with Crippen LogP contribution in [0.3, 0.4) is 0 Å². The molecule has 0 radical (unpaired) electrons. The van der Waals surface area contributed by atoms with Crippen LogP contribution in [0.1, 0.15) is 39.5 Å². The summed E-state index contributed by atoms with van der Waals surface area (Å²) in [6.45, 7) is 6.60. The Labute approximate surface area is 106 Å². The second-order valence-electron chi connectivity index (χ2n) is 4.89. The Hall–Kier alpha value is -0.610. The van der Waals surface area contributed by atoms with Gasteiger partial charge in [-0.05, 0) is 47.3 Å². The number of amides is 1. The molecule has 17 heavy (non-hydrogen) atoms. The number of rotatable bonds is 9. The summed E-state index contributed by atoms with van der Waals surface area (Å²) < 4.78 is 0. The van der Waals surface area contributed by atoms with E-state index in [1.165, 1.54) is 0 Å². The summed E-state index contributed by atoms with van der Waals surface area (Å²) in [6.07, 6.45) is 3.70. The van der Waals surface area contributed by atoms with E-state index < -0.39 is 0 Å². The SMILES string of the molecule is CCN(C(=O)CCCCCN)C(C)CN(C)C. The molecule has 0 aromatic carbocycles. The summed E-state index contributed by atoms with van der Waals surface area (Å²) in [5, 5.41) is 0. The van der Waals surface area contributed by atoms with Crippen molar-refractivity contribution in [3.8, 4) is 0 Å². The summed E-state index contributed by atoms with van der Waals surface area (Å²) in [5.74, 6) is 0.277. The average Bonchev–Trinajstić information content (AvgIpc) is 2.24. The summed E-state index contributed by atoms with van der Waals surface area (Å²) in [6, 6.07) is 0.289. The van der Waals surface area contributed by atoms with Crippen LogP contribution >= 0.6 is 0 Å². The standard InChI is InChI=1S/C13H29N3O/c1-5-16(12(2)11-15(3)4)13(17)9-7-6-8-10-14/h12H,5-11,14H2,1-4H3. The van der Waals surface area contributed by atoms with E-state index in [9.17, 15) is 4.79 Å². The Morgan fingerprint density at radius 3 is 2.35 bits per heavy atom. The molecule has 102 valence electrons. The summed E-state index contributed by atoms with van der Waals surface area (Å²) in [4.78, 5) is 16.1. The van der Waals surface area contributed by atoms with Crippen molar-refractivity contribution in [1.82, 2.24) is 9.80 Å². The molecule has 0 aromatic rings. The summed E-state index contributed by atoms with van der Waals surface area (Å²) >= 11 is 0. The van der Waals surface area contributed by atoms with Gasteiger partial charge in [0.05, 0.1) is 0 Å². The zero-order valence-corrected chi connectivity index (χ0v) is 11.9. The number of carbonyl (C=O) groups excluding carboxylic acids is 1. The van der Waals surface area contributed by atoms with E-state index in [4.69, 9.17) is 5.73 Å². The average molecular weight is 243 g/mol. The van der Waals surface area contributed by atoms with Gasteiger partial charge in [-0.15, -0.1) is 0 Å². The lowest BCUT2D eigenvalue weighted by Crippen LogP contribution is -2.43. The minimum atomic E-state index is 0.277. The molecule has 0 rings (SSSR count). The van der Waals surface area contributed by atoms with Gasteiger partial charge in [0, 0.05) is 25.6 Å². The van der Waals surface area contributed by atoms with E-state index in [2.05, 4.69) is 11.8 Å². The maximum absolute atomic E-state index is 12.0. The molecular formula is C13H29N3O. The Morgan fingerprint density at radius 2 is 1.88 bits per heavy atom. The summed E-state index contributed by atoms with van der Waals surface area (Å²) in [7, 11) is 4.08. The maximum atomic E-state index is 12.0. The second-order valence-corrected chi connectivity index (χ2v) is 4.89. The van der Waals surface area contributed by atoms with Crippen molar-refractivity contribution in [3.63, 3.8) is 0 Å². The summed E-state index contributed by atoms with van der Waals surface area (Å²) in [5.41, 5.74) is 5.43. The largest absolute Gasteiger partial charge is 0.339 e. The molecule has 0 aliphatic heterocycles. The first kappa shape index (κ1) is 16.4. The van der Waals surface area contributed by atoms with Gasteiger partial charge in [0.1, 0.15) is 0 Å². The van der Waals surface area contributed by atoms with Gasteiger partial charge in [-0.25, -0.2) is 0 Å². The second kappa shape index (κ2) is 9.42. The van der Waals surface area contributed by atoms with Gasteiger partial charge in [0.25, 0.3) is 0 Å². The number of carbonyl (C=O) groups is 1. The van der Waals surface area contributed by atoms with E-state index in [1.54, 1.807) is 0 Å². The monoisotopic (exact) mass is 243 g/mol. The lowest BCUT2D eigenvalue weighted by atomic mass is 10.1. The van der Waals surface area contributed by atoms with Crippen LogP contribution in [0.2, 0.25) is 0 Å². The smallest absolute Gasteiger partial charge is 0.222 e. The third-order valence-corrected chi connectivity index (χ3v) is 2.92. The minimum absolute atomic E-state index is 0.277. The quantitative estimate of drug-likeness (QED) is 0.621. The third-order valence-electron chi connectivity index (χ3n) is 2.92. The van der Waals surface area contributed by atoms with Crippen molar-refractivity contribution in [2.45, 2.75) is 45.6 Å². The van der Waals surface area contributed by atoms with Crippen molar-refractivity contribution < 1.29 is 4.79 Å². The lowest BCUT2D eigenvalue weighted by Gasteiger charge is -2.30. The van der Waals surface area contributed by atoms with Gasteiger partial charge in [0.15, 0.2) is 0 Å². The molecule has 0 fully saturated rings. The molecule has 0 heterocycles. The van der Waals surface area contributed by atoms with Crippen LogP contribution in [0, 0.1) is 0 Å². The van der Waals surface area contributed by atoms with Gasteiger partial charge < -0.3 is 15.5 Å². The Balaban J connectivity index is 4.02. The van der Waals surface area contributed by atoms with Crippen molar-refractivity contribution in [1.29, 1.82) is 0 Å². The number of likely N-dealkylation sites (N-methyl/N-ethyl adjacent to an activating group) is 2. The first-order valence-electron chi connectivity index (χ1n) is 6.67. The molecule has 4 heteroatoms. The van der Waals surface area contributed by atoms with Crippen LogP contribution in [0.25, 0.3) is 0 Å². The van der Waals surface area contributed by atoms with E-state index in [0.717, 1.165) is 38.9 Å². The minimum Gasteiger partial charge on any atom is -0.339 e. The van der Waals surface area contributed by atoms with Crippen molar-refractivity contribution in [3.05, 3.63) is 0 Å². The Bertz CT molecular complexity index is 207. The van der Waals surface area contributed by atoms with E-state index in [-0.39, 0.29) is 11.9 Å². The predicted octanol–water partition coefficient (Wildman–Crippen LogP) is 1.30. The Morgan fingerprint density at radius 1 is 1.24 bits per heavy atom. The third kappa shape index (κ3) is 7.34. The first-order valence-corrected chi connectivity index (χ1v) is 6.67. The molecule has 1 unspecified atom stereocenters. The highest BCUT2D eigenvalue weighted by atomic mass is 16.2. The molecule has 0 spiro atoms.